The fourth-order valence-corrected chi connectivity index (χ4v) is 14.3. The van der Waals surface area contributed by atoms with Gasteiger partial charge in [0.15, 0.2) is 0 Å². The minimum Gasteiger partial charge on any atom is -0.744 e. The number of hydrogen-bond donors (Lipinski definition) is 0. The van der Waals surface area contributed by atoms with Crippen LogP contribution < -0.4 is 29.6 Å². The van der Waals surface area contributed by atoms with Crippen LogP contribution in [0.2, 0.25) is 0 Å². The molecule has 0 radical (unpaired) electrons. The van der Waals surface area contributed by atoms with Gasteiger partial charge in [-0.2, -0.15) is 50.4 Å². The summed E-state index contributed by atoms with van der Waals surface area (Å²) in [7, 11) is -24.7. The summed E-state index contributed by atoms with van der Waals surface area (Å²) in [6, 6.07) is 0. The van der Waals surface area contributed by atoms with Gasteiger partial charge in [0.2, 0.25) is 0 Å². The molecule has 21 heteroatoms. The molecule has 0 saturated heterocycles. The van der Waals surface area contributed by atoms with E-state index < -0.39 is 56.7 Å². The zero-order valence-corrected chi connectivity index (χ0v) is 65.4. The minimum absolute atomic E-state index is 0. The van der Waals surface area contributed by atoms with Crippen LogP contribution in [-0.4, -0.2) is 52.8 Å². The Kier molecular flexibility index (Phi) is 68.6. The van der Waals surface area contributed by atoms with Gasteiger partial charge in [-0.05, 0) is 64.2 Å². The van der Waals surface area contributed by atoms with E-state index in [4.69, 9.17) is 16.7 Å². The number of unbranched alkanes of at least 4 members (excludes halogenated alkanes) is 50. The van der Waals surface area contributed by atoms with Gasteiger partial charge in [0.1, 0.15) is 10.1 Å². The average Bonchev–Trinajstić information content (AvgIpc) is 0.854. The molecule has 0 spiro atoms. The maximum atomic E-state index is 13.6. The van der Waals surface area contributed by atoms with Crippen LogP contribution in [0, 0.1) is 0 Å². The number of rotatable bonds is 68. The fraction of sp³-hybridized carbons (Fsp3) is 0.859. The Morgan fingerprint density at radius 3 is 0.500 bits per heavy atom. The van der Waals surface area contributed by atoms with Crippen LogP contribution in [-0.2, 0) is 67.3 Å². The smallest absolute Gasteiger partial charge is 0.744 e. The summed E-state index contributed by atoms with van der Waals surface area (Å²) in [6.45, 7) is 11.0. The van der Waals surface area contributed by atoms with Crippen molar-refractivity contribution >= 4 is 50.6 Å². The molecule has 0 rings (SSSR count). The molecule has 0 aromatic rings. The molecule has 0 aliphatic rings. The molecule has 0 aliphatic carbocycles. The van der Waals surface area contributed by atoms with Gasteiger partial charge < -0.3 is 4.55 Å². The second kappa shape index (κ2) is 66.1. The summed E-state index contributed by atoms with van der Waals surface area (Å²) in [6.07, 6.45) is 59.9. The van der Waals surface area contributed by atoms with Gasteiger partial charge >= 0.3 is 35.7 Å². The largest absolute Gasteiger partial charge is 1.00 e. The summed E-state index contributed by atoms with van der Waals surface area (Å²) in [5.41, 5.74) is 0. The Bertz CT molecular complexity index is 2100. The van der Waals surface area contributed by atoms with E-state index in [1.165, 1.54) is 210 Å². The van der Waals surface area contributed by atoms with Gasteiger partial charge in [0, 0.05) is 5.41 Å². The van der Waals surface area contributed by atoms with Crippen molar-refractivity contribution in [2.24, 2.45) is 0 Å². The predicted octanol–water partition coefficient (Wildman–Crippen LogP) is 19.6. The van der Waals surface area contributed by atoms with Crippen molar-refractivity contribution in [1.29, 1.82) is 0 Å². The van der Waals surface area contributed by atoms with Crippen molar-refractivity contribution in [3.05, 3.63) is 57.4 Å². The SMILES string of the molecule is CCCCCCCCCCCCC=CS(=O)(=O)OC(OS(=O)(=O)C=CCCCCCCCCCCCC)(OS(=O)(=O)C=CCCCCCCCCCCCC)OS(=O)(=O)C=CCCCCCCCCCCCC.CCCCCCCCCCCCC=CS(=O)(=O)[O-].[Na+]. The quantitative estimate of drug-likeness (QED) is 0.0181. The van der Waals surface area contributed by atoms with Crippen LogP contribution >= 0.6 is 0 Å². The number of allylic oxidation sites excluding steroid dienone is 5. The van der Waals surface area contributed by atoms with Gasteiger partial charge in [-0.15, -0.1) is 0 Å². The summed E-state index contributed by atoms with van der Waals surface area (Å²) < 4.78 is 160. The molecule has 0 amide bonds. The van der Waals surface area contributed by atoms with E-state index in [9.17, 15) is 46.6 Å². The molecule has 0 N–H and O–H groups in total. The third kappa shape index (κ3) is 72.0. The van der Waals surface area contributed by atoms with E-state index in [1.54, 1.807) is 0 Å². The molecule has 92 heavy (non-hydrogen) atoms. The molecule has 0 saturated carbocycles. The van der Waals surface area contributed by atoms with Gasteiger partial charge in [-0.3, -0.25) is 0 Å². The van der Waals surface area contributed by atoms with E-state index in [1.807, 2.05) is 0 Å². The zero-order valence-electron chi connectivity index (χ0n) is 59.3. The monoisotopic (exact) mass is 1410 g/mol. The Labute approximate surface area is 590 Å². The van der Waals surface area contributed by atoms with Crippen LogP contribution in [0.15, 0.2) is 57.4 Å². The molecule has 0 bridgehead atoms. The number of hydrogen-bond acceptors (Lipinski definition) is 15. The summed E-state index contributed by atoms with van der Waals surface area (Å²) >= 11 is 0. The van der Waals surface area contributed by atoms with Crippen LogP contribution in [0.1, 0.15) is 388 Å². The van der Waals surface area contributed by atoms with Crippen molar-refractivity contribution in [3.8, 4) is 0 Å². The van der Waals surface area contributed by atoms with E-state index in [2.05, 4.69) is 34.6 Å². The van der Waals surface area contributed by atoms with Crippen LogP contribution in [0.5, 0.6) is 0 Å². The third-order valence-electron chi connectivity index (χ3n) is 15.8. The standard InChI is InChI=1S/C57H108O12S4.C14H28O3S.Na/c1-5-9-13-17-21-25-29-33-37-41-45-49-53-70(58,59)66-57(67-71(60,61)54-50-46-42-38-34-30-26-22-18-14-10-6-2,68-72(62,63)55-51-47-43-39-35-31-27-23-19-15-11-7-3)69-73(64,65)56-52-48-44-40-36-32-28-24-20-16-12-8-4;1-2-3-4-5-6-7-8-9-10-11-12-13-14-18(15,16)17;/h49-56H,5-48H2,1-4H3;13-14H,2-12H2,1H3,(H,15,16,17);/q;;+1/p-1. The maximum absolute atomic E-state index is 13.6. The molecule has 0 atom stereocenters. The maximum Gasteiger partial charge on any atom is 1.00 e. The summed E-state index contributed by atoms with van der Waals surface area (Å²) in [4.78, 5) is 0. The first-order valence-electron chi connectivity index (χ1n) is 36.7. The second-order valence-electron chi connectivity index (χ2n) is 25.0. The summed E-state index contributed by atoms with van der Waals surface area (Å²) in [5.74, 6) is 0. The molecule has 0 aliphatic heterocycles. The van der Waals surface area contributed by atoms with E-state index in [-0.39, 0.29) is 29.6 Å². The van der Waals surface area contributed by atoms with Gasteiger partial charge in [0.25, 0.3) is 40.5 Å². The van der Waals surface area contributed by atoms with Crippen molar-refractivity contribution in [2.45, 2.75) is 394 Å². The van der Waals surface area contributed by atoms with E-state index in [0.29, 0.717) is 79.4 Å². The van der Waals surface area contributed by atoms with Crippen molar-refractivity contribution in [2.75, 3.05) is 0 Å². The Morgan fingerprint density at radius 2 is 0.359 bits per heavy atom. The third-order valence-corrected chi connectivity index (χ3v) is 20.2. The van der Waals surface area contributed by atoms with Crippen molar-refractivity contribution in [1.82, 2.24) is 0 Å². The van der Waals surface area contributed by atoms with Gasteiger partial charge in [-0.1, -0.05) is 354 Å². The van der Waals surface area contributed by atoms with Crippen LogP contribution in [0.4, 0.5) is 0 Å². The molecule has 15 nitrogen and oxygen atoms in total. The van der Waals surface area contributed by atoms with E-state index >= 15 is 0 Å². The molecule has 0 aromatic heterocycles. The first-order valence-corrected chi connectivity index (χ1v) is 44.1. The topological polar surface area (TPSA) is 231 Å². The average molecular weight is 1410 g/mol. The molecule has 540 valence electrons. The molecule has 0 aromatic carbocycles. The van der Waals surface area contributed by atoms with Gasteiger partial charge in [-0.25, -0.2) is 8.42 Å². The molecule has 0 heterocycles. The predicted molar refractivity (Wildman–Crippen MR) is 380 cm³/mol. The zero-order chi connectivity index (χ0) is 67.8. The summed E-state index contributed by atoms with van der Waals surface area (Å²) in [5, 5.41) is 3.16. The minimum atomic E-state index is -5.13. The normalized spacial score (nSPS) is 13.5. The van der Waals surface area contributed by atoms with E-state index in [0.717, 1.165) is 121 Å². The second-order valence-corrected chi connectivity index (χ2v) is 32.0. The molecule has 0 unspecified atom stereocenters. The van der Waals surface area contributed by atoms with Crippen molar-refractivity contribution in [3.63, 3.8) is 0 Å². The van der Waals surface area contributed by atoms with Gasteiger partial charge in [0.05, 0.1) is 21.6 Å². The fourth-order valence-electron chi connectivity index (χ4n) is 10.4. The molecular formula is C71H135NaO15S5. The van der Waals surface area contributed by atoms with Crippen molar-refractivity contribution < 1.29 is 92.9 Å². The van der Waals surface area contributed by atoms with Crippen LogP contribution in [0.25, 0.3) is 0 Å². The Hall–Kier alpha value is -0.750. The van der Waals surface area contributed by atoms with Crippen LogP contribution in [0.3, 0.4) is 0 Å². The molecular weight excluding hydrogens is 1280 g/mol. The Morgan fingerprint density at radius 1 is 0.228 bits per heavy atom. The first kappa shape index (κ1) is 95.4. The molecule has 0 fully saturated rings. The first-order chi connectivity index (χ1) is 43.6. The Balaban J connectivity index is -0.00000358.